The standard InChI is InChI=1S/C12H14FNO3/c13-9-3-8(4-10(15)6-9)11-5-7(12(14)16)1-2-17-11/h3-4,6-7,11,15H,1-2,5H2,(H2,14,16). The van der Waals surface area contributed by atoms with E-state index in [-0.39, 0.29) is 23.7 Å². The Morgan fingerprint density at radius 2 is 2.24 bits per heavy atom. The van der Waals surface area contributed by atoms with Crippen molar-refractivity contribution in [2.24, 2.45) is 11.7 Å². The van der Waals surface area contributed by atoms with Gasteiger partial charge in [-0.15, -0.1) is 0 Å². The van der Waals surface area contributed by atoms with Gasteiger partial charge in [0.15, 0.2) is 0 Å². The van der Waals surface area contributed by atoms with Gasteiger partial charge in [0, 0.05) is 18.6 Å². The molecule has 0 bridgehead atoms. The van der Waals surface area contributed by atoms with Crippen molar-refractivity contribution in [2.45, 2.75) is 18.9 Å². The lowest BCUT2D eigenvalue weighted by Crippen LogP contribution is -2.30. The highest BCUT2D eigenvalue weighted by molar-refractivity contribution is 5.76. The van der Waals surface area contributed by atoms with Gasteiger partial charge in [-0.3, -0.25) is 4.79 Å². The fourth-order valence-corrected chi connectivity index (χ4v) is 2.07. The van der Waals surface area contributed by atoms with Crippen LogP contribution < -0.4 is 5.73 Å². The largest absolute Gasteiger partial charge is 0.508 e. The fraction of sp³-hybridized carbons (Fsp3) is 0.417. The van der Waals surface area contributed by atoms with Crippen molar-refractivity contribution in [3.8, 4) is 5.75 Å². The molecule has 0 aliphatic carbocycles. The first-order chi connectivity index (χ1) is 8.06. The van der Waals surface area contributed by atoms with Gasteiger partial charge in [0.05, 0.1) is 6.10 Å². The molecule has 2 rings (SSSR count). The van der Waals surface area contributed by atoms with Gasteiger partial charge in [-0.1, -0.05) is 0 Å². The van der Waals surface area contributed by atoms with Crippen molar-refractivity contribution in [3.63, 3.8) is 0 Å². The molecule has 3 N–H and O–H groups in total. The quantitative estimate of drug-likeness (QED) is 0.821. The van der Waals surface area contributed by atoms with Crippen molar-refractivity contribution in [1.29, 1.82) is 0 Å². The number of aromatic hydroxyl groups is 1. The molecule has 1 heterocycles. The van der Waals surface area contributed by atoms with E-state index in [1.54, 1.807) is 0 Å². The molecule has 17 heavy (non-hydrogen) atoms. The van der Waals surface area contributed by atoms with Crippen molar-refractivity contribution < 1.29 is 19.0 Å². The van der Waals surface area contributed by atoms with Gasteiger partial charge in [0.2, 0.25) is 5.91 Å². The monoisotopic (exact) mass is 239 g/mol. The number of phenolic OH excluding ortho intramolecular Hbond substituents is 1. The molecule has 5 heteroatoms. The number of hydrogen-bond acceptors (Lipinski definition) is 3. The highest BCUT2D eigenvalue weighted by Crippen LogP contribution is 2.33. The number of phenols is 1. The molecule has 1 amide bonds. The summed E-state index contributed by atoms with van der Waals surface area (Å²) < 4.78 is 18.6. The van der Waals surface area contributed by atoms with E-state index in [1.165, 1.54) is 12.1 Å². The lowest BCUT2D eigenvalue weighted by Gasteiger charge is -2.28. The SMILES string of the molecule is NC(=O)C1CCOC(c2cc(O)cc(F)c2)C1. The van der Waals surface area contributed by atoms with Crippen LogP contribution in [-0.2, 0) is 9.53 Å². The van der Waals surface area contributed by atoms with Crippen molar-refractivity contribution in [3.05, 3.63) is 29.6 Å². The molecule has 1 saturated heterocycles. The van der Waals surface area contributed by atoms with Crippen LogP contribution in [0.3, 0.4) is 0 Å². The van der Waals surface area contributed by atoms with E-state index in [1.807, 2.05) is 0 Å². The van der Waals surface area contributed by atoms with Crippen LogP contribution in [-0.4, -0.2) is 17.6 Å². The highest BCUT2D eigenvalue weighted by atomic mass is 19.1. The third-order valence-corrected chi connectivity index (χ3v) is 2.96. The van der Waals surface area contributed by atoms with Crippen LogP contribution >= 0.6 is 0 Å². The second-order valence-electron chi connectivity index (χ2n) is 4.23. The number of amides is 1. The minimum absolute atomic E-state index is 0.148. The number of carbonyl (C=O) groups is 1. The van der Waals surface area contributed by atoms with Crippen LogP contribution in [0.5, 0.6) is 5.75 Å². The number of hydrogen-bond donors (Lipinski definition) is 2. The van der Waals surface area contributed by atoms with Crippen LogP contribution in [0.2, 0.25) is 0 Å². The maximum atomic E-state index is 13.1. The highest BCUT2D eigenvalue weighted by Gasteiger charge is 2.27. The van der Waals surface area contributed by atoms with E-state index < -0.39 is 5.82 Å². The summed E-state index contributed by atoms with van der Waals surface area (Å²) in [6, 6.07) is 3.77. The predicted octanol–water partition coefficient (Wildman–Crippen LogP) is 1.48. The van der Waals surface area contributed by atoms with Gasteiger partial charge in [-0.05, 0) is 30.5 Å². The average Bonchev–Trinajstić information content (AvgIpc) is 2.28. The molecule has 1 aromatic rings. The Labute approximate surface area is 98.2 Å². The smallest absolute Gasteiger partial charge is 0.220 e. The number of primary amides is 1. The van der Waals surface area contributed by atoms with Crippen LogP contribution in [0.4, 0.5) is 4.39 Å². The Balaban J connectivity index is 2.18. The van der Waals surface area contributed by atoms with E-state index in [2.05, 4.69) is 0 Å². The first-order valence-electron chi connectivity index (χ1n) is 5.46. The van der Waals surface area contributed by atoms with Crippen molar-refractivity contribution in [2.75, 3.05) is 6.61 Å². The van der Waals surface area contributed by atoms with Gasteiger partial charge >= 0.3 is 0 Å². The molecule has 2 atom stereocenters. The third-order valence-electron chi connectivity index (χ3n) is 2.96. The van der Waals surface area contributed by atoms with Crippen LogP contribution in [0.25, 0.3) is 0 Å². The number of rotatable bonds is 2. The zero-order chi connectivity index (χ0) is 12.4. The lowest BCUT2D eigenvalue weighted by atomic mass is 9.91. The summed E-state index contributed by atoms with van der Waals surface area (Å²) in [6.45, 7) is 0.412. The molecular weight excluding hydrogens is 225 g/mol. The Bertz CT molecular complexity index is 416. The minimum atomic E-state index is -0.523. The number of ether oxygens (including phenoxy) is 1. The van der Waals surface area contributed by atoms with Crippen LogP contribution in [0, 0.1) is 11.7 Å². The van der Waals surface area contributed by atoms with Crippen molar-refractivity contribution >= 4 is 5.91 Å². The van der Waals surface area contributed by atoms with E-state index >= 15 is 0 Å². The molecular formula is C12H14FNO3. The average molecular weight is 239 g/mol. The van der Waals surface area contributed by atoms with Gasteiger partial charge < -0.3 is 15.6 Å². The van der Waals surface area contributed by atoms with Gasteiger partial charge in [-0.25, -0.2) is 4.39 Å². The third kappa shape index (κ3) is 2.74. The van der Waals surface area contributed by atoms with E-state index in [4.69, 9.17) is 10.5 Å². The molecule has 4 nitrogen and oxygen atoms in total. The molecule has 1 aliphatic rings. The fourth-order valence-electron chi connectivity index (χ4n) is 2.07. The molecule has 0 spiro atoms. The van der Waals surface area contributed by atoms with Gasteiger partial charge in [-0.2, -0.15) is 0 Å². The second-order valence-corrected chi connectivity index (χ2v) is 4.23. The Hall–Kier alpha value is -1.62. The maximum Gasteiger partial charge on any atom is 0.220 e. The number of carbonyl (C=O) groups excluding carboxylic acids is 1. The number of halogens is 1. The number of nitrogens with two attached hydrogens (primary N) is 1. The van der Waals surface area contributed by atoms with E-state index in [0.717, 1.165) is 6.07 Å². The number of benzene rings is 1. The Kier molecular flexibility index (Phi) is 3.28. The first kappa shape index (κ1) is 11.9. The summed E-state index contributed by atoms with van der Waals surface area (Å²) in [5.41, 5.74) is 5.78. The predicted molar refractivity (Wildman–Crippen MR) is 58.7 cm³/mol. The molecule has 2 unspecified atom stereocenters. The Morgan fingerprint density at radius 3 is 2.88 bits per heavy atom. The summed E-state index contributed by atoms with van der Waals surface area (Å²) in [5, 5.41) is 9.31. The zero-order valence-electron chi connectivity index (χ0n) is 9.23. The lowest BCUT2D eigenvalue weighted by molar-refractivity contribution is -0.126. The summed E-state index contributed by atoms with van der Waals surface area (Å²) in [5.74, 6) is -1.28. The van der Waals surface area contributed by atoms with E-state index in [9.17, 15) is 14.3 Å². The maximum absolute atomic E-state index is 13.1. The molecule has 1 aromatic carbocycles. The molecule has 1 fully saturated rings. The summed E-state index contributed by atoms with van der Waals surface area (Å²) in [6.07, 6.45) is 0.633. The summed E-state index contributed by atoms with van der Waals surface area (Å²) >= 11 is 0. The Morgan fingerprint density at radius 1 is 1.47 bits per heavy atom. The molecule has 92 valence electrons. The molecule has 0 radical (unpaired) electrons. The van der Waals surface area contributed by atoms with Crippen LogP contribution in [0.15, 0.2) is 18.2 Å². The molecule has 1 aliphatic heterocycles. The van der Waals surface area contributed by atoms with E-state index in [0.29, 0.717) is 25.0 Å². The van der Waals surface area contributed by atoms with Gasteiger partial charge in [0.25, 0.3) is 0 Å². The molecule has 0 aromatic heterocycles. The first-order valence-corrected chi connectivity index (χ1v) is 5.46. The topological polar surface area (TPSA) is 72.6 Å². The normalized spacial score (nSPS) is 24.5. The summed E-state index contributed by atoms with van der Waals surface area (Å²) in [7, 11) is 0. The minimum Gasteiger partial charge on any atom is -0.508 e. The van der Waals surface area contributed by atoms with Crippen LogP contribution in [0.1, 0.15) is 24.5 Å². The van der Waals surface area contributed by atoms with Crippen molar-refractivity contribution in [1.82, 2.24) is 0 Å². The van der Waals surface area contributed by atoms with Gasteiger partial charge in [0.1, 0.15) is 11.6 Å². The zero-order valence-corrected chi connectivity index (χ0v) is 9.23. The summed E-state index contributed by atoms with van der Waals surface area (Å²) in [4.78, 5) is 11.1. The second kappa shape index (κ2) is 4.71. The molecule has 0 saturated carbocycles.